The molecule has 0 radical (unpaired) electrons. The van der Waals surface area contributed by atoms with Crippen molar-refractivity contribution in [3.63, 3.8) is 0 Å². The monoisotopic (exact) mass is 168 g/mol. The van der Waals surface area contributed by atoms with Crippen LogP contribution in [0, 0.1) is 0 Å². The third kappa shape index (κ3) is 1.20. The highest BCUT2D eigenvalue weighted by Crippen LogP contribution is 2.25. The third-order valence-corrected chi connectivity index (χ3v) is 2.27. The van der Waals surface area contributed by atoms with E-state index >= 15 is 0 Å². The predicted molar refractivity (Wildman–Crippen MR) is 43.9 cm³/mol. The molecule has 0 bridgehead atoms. The van der Waals surface area contributed by atoms with Crippen LogP contribution in [0.4, 0.5) is 0 Å². The number of carboxylic acid groups (broad SMARTS) is 1. The highest BCUT2D eigenvalue weighted by molar-refractivity contribution is 5.79. The van der Waals surface area contributed by atoms with Crippen LogP contribution in [0.1, 0.15) is 26.0 Å². The normalized spacial score (nSPS) is 15.5. The molecule has 1 aromatic heterocycles. The second kappa shape index (κ2) is 2.97. The van der Waals surface area contributed by atoms with Gasteiger partial charge in [-0.2, -0.15) is 5.10 Å². The van der Waals surface area contributed by atoms with Gasteiger partial charge in [-0.15, -0.1) is 0 Å². The molecule has 0 aliphatic carbocycles. The van der Waals surface area contributed by atoms with E-state index in [0.29, 0.717) is 12.1 Å². The number of hydrogen-bond donors (Lipinski definition) is 2. The van der Waals surface area contributed by atoms with E-state index in [9.17, 15) is 4.79 Å². The van der Waals surface area contributed by atoms with Gasteiger partial charge in [-0.25, -0.2) is 0 Å². The maximum atomic E-state index is 10.9. The molecule has 0 spiro atoms. The van der Waals surface area contributed by atoms with E-state index in [4.69, 9.17) is 5.11 Å². The second-order valence-corrected chi connectivity index (χ2v) is 2.96. The summed E-state index contributed by atoms with van der Waals surface area (Å²) in [6, 6.07) is 1.69. The number of carboxylic acids is 1. The van der Waals surface area contributed by atoms with E-state index in [1.807, 2.05) is 6.92 Å². The summed E-state index contributed by atoms with van der Waals surface area (Å²) in [6.07, 6.45) is 2.11. The van der Waals surface area contributed by atoms with Crippen molar-refractivity contribution in [1.82, 2.24) is 10.2 Å². The summed E-state index contributed by atoms with van der Waals surface area (Å²) in [6.45, 7) is 3.53. The van der Waals surface area contributed by atoms with Crippen LogP contribution in [0.5, 0.6) is 0 Å². The minimum absolute atomic E-state index is 0.546. The van der Waals surface area contributed by atoms with Crippen molar-refractivity contribution in [3.8, 4) is 0 Å². The molecule has 0 fully saturated rings. The topological polar surface area (TPSA) is 66.0 Å². The highest BCUT2D eigenvalue weighted by Gasteiger charge is 2.34. The summed E-state index contributed by atoms with van der Waals surface area (Å²) in [5.74, 6) is -0.825. The SMILES string of the molecule is CCC(C)(C(=O)O)c1ccn[nH]1. The lowest BCUT2D eigenvalue weighted by Crippen LogP contribution is -2.31. The smallest absolute Gasteiger partial charge is 0.315 e. The molecular weight excluding hydrogens is 156 g/mol. The number of rotatable bonds is 3. The Morgan fingerprint density at radius 2 is 2.50 bits per heavy atom. The first-order valence-corrected chi connectivity index (χ1v) is 3.84. The maximum absolute atomic E-state index is 10.9. The Kier molecular flexibility index (Phi) is 2.17. The molecule has 0 amide bonds. The van der Waals surface area contributed by atoms with E-state index < -0.39 is 11.4 Å². The molecule has 0 aromatic carbocycles. The molecule has 4 nitrogen and oxygen atoms in total. The Bertz CT molecular complexity index is 269. The number of H-pyrrole nitrogens is 1. The number of aromatic amines is 1. The highest BCUT2D eigenvalue weighted by atomic mass is 16.4. The van der Waals surface area contributed by atoms with Gasteiger partial charge in [-0.1, -0.05) is 6.92 Å². The molecule has 66 valence electrons. The number of aromatic nitrogens is 2. The van der Waals surface area contributed by atoms with Gasteiger partial charge >= 0.3 is 5.97 Å². The largest absolute Gasteiger partial charge is 0.481 e. The molecular formula is C8H12N2O2. The number of nitrogens with one attached hydrogen (secondary N) is 1. The molecule has 1 heterocycles. The molecule has 4 heteroatoms. The zero-order chi connectivity index (χ0) is 9.19. The van der Waals surface area contributed by atoms with Gasteiger partial charge in [0.2, 0.25) is 0 Å². The maximum Gasteiger partial charge on any atom is 0.315 e. The fourth-order valence-electron chi connectivity index (χ4n) is 1.02. The second-order valence-electron chi connectivity index (χ2n) is 2.96. The van der Waals surface area contributed by atoms with Crippen LogP contribution in [-0.4, -0.2) is 21.3 Å². The van der Waals surface area contributed by atoms with Crippen molar-refractivity contribution >= 4 is 5.97 Å². The van der Waals surface area contributed by atoms with Crippen LogP contribution >= 0.6 is 0 Å². The molecule has 12 heavy (non-hydrogen) atoms. The van der Waals surface area contributed by atoms with Gasteiger partial charge in [0.15, 0.2) is 0 Å². The zero-order valence-corrected chi connectivity index (χ0v) is 7.16. The Balaban J connectivity index is 3.04. The van der Waals surface area contributed by atoms with Crippen LogP contribution in [0.25, 0.3) is 0 Å². The summed E-state index contributed by atoms with van der Waals surface area (Å²) in [5.41, 5.74) is -0.186. The Morgan fingerprint density at radius 3 is 2.83 bits per heavy atom. The van der Waals surface area contributed by atoms with Crippen molar-refractivity contribution in [1.29, 1.82) is 0 Å². The lowest BCUT2D eigenvalue weighted by molar-refractivity contribution is -0.143. The van der Waals surface area contributed by atoms with Crippen molar-refractivity contribution in [2.24, 2.45) is 0 Å². The van der Waals surface area contributed by atoms with Gasteiger partial charge in [0.05, 0.1) is 5.69 Å². The average molecular weight is 168 g/mol. The first-order valence-electron chi connectivity index (χ1n) is 3.84. The first-order chi connectivity index (χ1) is 5.61. The molecule has 0 saturated carbocycles. The number of hydrogen-bond acceptors (Lipinski definition) is 2. The van der Waals surface area contributed by atoms with E-state index in [1.54, 1.807) is 19.2 Å². The Hall–Kier alpha value is -1.32. The standard InChI is InChI=1S/C8H12N2O2/c1-3-8(2,7(11)12)6-4-5-9-10-6/h4-5H,3H2,1-2H3,(H,9,10)(H,11,12). The van der Waals surface area contributed by atoms with Crippen LogP contribution in [-0.2, 0) is 10.2 Å². The fraction of sp³-hybridized carbons (Fsp3) is 0.500. The molecule has 1 rings (SSSR count). The molecule has 1 atom stereocenters. The van der Waals surface area contributed by atoms with Crippen LogP contribution in [0.2, 0.25) is 0 Å². The van der Waals surface area contributed by atoms with Crippen molar-refractivity contribution in [3.05, 3.63) is 18.0 Å². The third-order valence-electron chi connectivity index (χ3n) is 2.27. The van der Waals surface area contributed by atoms with Crippen molar-refractivity contribution < 1.29 is 9.90 Å². The fourth-order valence-corrected chi connectivity index (χ4v) is 1.02. The summed E-state index contributed by atoms with van der Waals surface area (Å²) in [5, 5.41) is 15.4. The molecule has 1 aromatic rings. The number of carbonyl (C=O) groups is 1. The molecule has 1 unspecified atom stereocenters. The Labute approximate surface area is 70.6 Å². The van der Waals surface area contributed by atoms with Gasteiger partial charge in [-0.3, -0.25) is 9.89 Å². The van der Waals surface area contributed by atoms with E-state index in [1.165, 1.54) is 0 Å². The van der Waals surface area contributed by atoms with E-state index in [0.717, 1.165) is 0 Å². The Morgan fingerprint density at radius 1 is 1.83 bits per heavy atom. The average Bonchev–Trinajstić information content (AvgIpc) is 2.54. The lowest BCUT2D eigenvalue weighted by Gasteiger charge is -2.20. The van der Waals surface area contributed by atoms with Gasteiger partial charge in [0, 0.05) is 6.20 Å². The van der Waals surface area contributed by atoms with E-state index in [2.05, 4.69) is 10.2 Å². The summed E-state index contributed by atoms with van der Waals surface area (Å²) < 4.78 is 0. The number of nitrogens with zero attached hydrogens (tertiary/aromatic N) is 1. The van der Waals surface area contributed by atoms with Gasteiger partial charge in [0.25, 0.3) is 0 Å². The first kappa shape index (κ1) is 8.77. The van der Waals surface area contributed by atoms with Crippen molar-refractivity contribution in [2.45, 2.75) is 25.7 Å². The minimum atomic E-state index is -0.837. The number of aliphatic carboxylic acids is 1. The quantitative estimate of drug-likeness (QED) is 0.711. The summed E-state index contributed by atoms with van der Waals surface area (Å²) in [7, 11) is 0. The van der Waals surface area contributed by atoms with Crippen LogP contribution in [0.15, 0.2) is 12.3 Å². The van der Waals surface area contributed by atoms with Gasteiger partial charge in [0.1, 0.15) is 5.41 Å². The molecule has 0 aliphatic rings. The van der Waals surface area contributed by atoms with Crippen LogP contribution in [0.3, 0.4) is 0 Å². The zero-order valence-electron chi connectivity index (χ0n) is 7.16. The van der Waals surface area contributed by atoms with Gasteiger partial charge < -0.3 is 5.11 Å². The summed E-state index contributed by atoms with van der Waals surface area (Å²) >= 11 is 0. The summed E-state index contributed by atoms with van der Waals surface area (Å²) in [4.78, 5) is 10.9. The molecule has 2 N–H and O–H groups in total. The lowest BCUT2D eigenvalue weighted by atomic mass is 9.84. The van der Waals surface area contributed by atoms with Gasteiger partial charge in [-0.05, 0) is 19.4 Å². The van der Waals surface area contributed by atoms with E-state index in [-0.39, 0.29) is 0 Å². The molecule has 0 aliphatic heterocycles. The van der Waals surface area contributed by atoms with Crippen LogP contribution < -0.4 is 0 Å². The minimum Gasteiger partial charge on any atom is -0.481 e. The molecule has 0 saturated heterocycles. The van der Waals surface area contributed by atoms with Crippen molar-refractivity contribution in [2.75, 3.05) is 0 Å². The predicted octanol–water partition coefficient (Wildman–Crippen LogP) is 1.16.